The molecule has 1 fully saturated rings. The van der Waals surface area contributed by atoms with Crippen LogP contribution in [0.1, 0.15) is 30.1 Å². The van der Waals surface area contributed by atoms with Gasteiger partial charge >= 0.3 is 0 Å². The molecule has 0 saturated carbocycles. The maximum Gasteiger partial charge on any atom is 0.255 e. The Kier molecular flexibility index (Phi) is 5.38. The summed E-state index contributed by atoms with van der Waals surface area (Å²) in [7, 11) is 0. The van der Waals surface area contributed by atoms with Crippen LogP contribution in [0.2, 0.25) is 0 Å². The number of nitrogens with two attached hydrogens (primary N) is 1. The van der Waals surface area contributed by atoms with Gasteiger partial charge in [-0.1, -0.05) is 6.92 Å². The average Bonchev–Trinajstić information content (AvgIpc) is 2.52. The second-order valence-electron chi connectivity index (χ2n) is 6.02. The lowest BCUT2D eigenvalue weighted by molar-refractivity contribution is -0.119. The number of rotatable bonds is 6. The number of hydrogen-bond donors (Lipinski definition) is 3. The number of amides is 2. The summed E-state index contributed by atoms with van der Waals surface area (Å²) in [6.45, 7) is 4.71. The van der Waals surface area contributed by atoms with Crippen molar-refractivity contribution in [2.24, 2.45) is 11.1 Å². The third-order valence-corrected chi connectivity index (χ3v) is 3.98. The predicted octanol–water partition coefficient (Wildman–Crippen LogP) is 0.670. The monoisotopic (exact) mass is 305 g/mol. The quantitative estimate of drug-likeness (QED) is 0.720. The molecule has 0 radical (unpaired) electrons. The minimum atomic E-state index is -0.531. The van der Waals surface area contributed by atoms with E-state index in [4.69, 9.17) is 10.5 Å². The Morgan fingerprint density at radius 3 is 2.50 bits per heavy atom. The van der Waals surface area contributed by atoms with Gasteiger partial charge in [0.25, 0.3) is 11.8 Å². The van der Waals surface area contributed by atoms with Crippen LogP contribution in [0.25, 0.3) is 0 Å². The van der Waals surface area contributed by atoms with Crippen LogP contribution in [-0.4, -0.2) is 38.1 Å². The summed E-state index contributed by atoms with van der Waals surface area (Å²) in [4.78, 5) is 22.8. The molecular weight excluding hydrogens is 282 g/mol. The van der Waals surface area contributed by atoms with E-state index in [1.54, 1.807) is 24.3 Å². The first-order valence-electron chi connectivity index (χ1n) is 7.49. The molecule has 2 amide bonds. The average molecular weight is 305 g/mol. The van der Waals surface area contributed by atoms with Crippen LogP contribution < -0.4 is 21.1 Å². The van der Waals surface area contributed by atoms with Crippen LogP contribution in [0.15, 0.2) is 24.3 Å². The molecule has 0 aromatic heterocycles. The number of piperidine rings is 1. The van der Waals surface area contributed by atoms with Crippen molar-refractivity contribution >= 4 is 11.8 Å². The number of carbonyl (C=O) groups excluding carboxylic acids is 2. The first kappa shape index (κ1) is 16.3. The molecule has 120 valence electrons. The van der Waals surface area contributed by atoms with Crippen molar-refractivity contribution in [1.29, 1.82) is 0 Å². The molecule has 1 heterocycles. The summed E-state index contributed by atoms with van der Waals surface area (Å²) >= 11 is 0. The van der Waals surface area contributed by atoms with Crippen molar-refractivity contribution < 1.29 is 14.3 Å². The third-order valence-electron chi connectivity index (χ3n) is 3.98. The number of carbonyl (C=O) groups is 2. The first-order chi connectivity index (χ1) is 10.5. The van der Waals surface area contributed by atoms with E-state index in [0.29, 0.717) is 17.9 Å². The number of ether oxygens (including phenoxy) is 1. The number of nitrogens with one attached hydrogen (secondary N) is 2. The highest BCUT2D eigenvalue weighted by Gasteiger charge is 2.27. The fraction of sp³-hybridized carbons (Fsp3) is 0.500. The fourth-order valence-corrected chi connectivity index (χ4v) is 2.46. The molecule has 1 aliphatic rings. The van der Waals surface area contributed by atoms with Gasteiger partial charge in [-0.25, -0.2) is 0 Å². The van der Waals surface area contributed by atoms with Gasteiger partial charge in [-0.15, -0.1) is 0 Å². The fourth-order valence-electron chi connectivity index (χ4n) is 2.46. The molecule has 0 spiro atoms. The van der Waals surface area contributed by atoms with Crippen molar-refractivity contribution in [3.8, 4) is 5.75 Å². The maximum absolute atomic E-state index is 12.2. The molecular formula is C16H23N3O3. The Bertz CT molecular complexity index is 522. The molecule has 1 saturated heterocycles. The molecule has 6 heteroatoms. The zero-order valence-corrected chi connectivity index (χ0v) is 12.9. The molecule has 0 bridgehead atoms. The molecule has 0 atom stereocenters. The van der Waals surface area contributed by atoms with Crippen molar-refractivity contribution in [1.82, 2.24) is 10.6 Å². The zero-order chi connectivity index (χ0) is 16.0. The van der Waals surface area contributed by atoms with Gasteiger partial charge in [0.15, 0.2) is 6.61 Å². The predicted molar refractivity (Wildman–Crippen MR) is 83.7 cm³/mol. The lowest BCUT2D eigenvalue weighted by Crippen LogP contribution is -2.42. The molecule has 1 aromatic carbocycles. The SMILES string of the molecule is CC1(CNC(=O)c2ccc(OCC(N)=O)cc2)CCNCC1. The second kappa shape index (κ2) is 7.26. The van der Waals surface area contributed by atoms with E-state index in [2.05, 4.69) is 17.6 Å². The second-order valence-corrected chi connectivity index (χ2v) is 6.02. The van der Waals surface area contributed by atoms with Crippen molar-refractivity contribution in [2.75, 3.05) is 26.2 Å². The number of hydrogen-bond acceptors (Lipinski definition) is 4. The van der Waals surface area contributed by atoms with Gasteiger partial charge in [0.2, 0.25) is 0 Å². The van der Waals surface area contributed by atoms with Crippen LogP contribution in [0.5, 0.6) is 5.75 Å². The molecule has 0 unspecified atom stereocenters. The van der Waals surface area contributed by atoms with Crippen LogP contribution >= 0.6 is 0 Å². The minimum Gasteiger partial charge on any atom is -0.484 e. The van der Waals surface area contributed by atoms with Gasteiger partial charge in [0, 0.05) is 12.1 Å². The molecule has 1 aliphatic heterocycles. The smallest absolute Gasteiger partial charge is 0.255 e. The lowest BCUT2D eigenvalue weighted by Gasteiger charge is -2.34. The zero-order valence-electron chi connectivity index (χ0n) is 12.9. The summed E-state index contributed by atoms with van der Waals surface area (Å²) in [6, 6.07) is 6.67. The molecule has 4 N–H and O–H groups in total. The Morgan fingerprint density at radius 1 is 1.27 bits per heavy atom. The van der Waals surface area contributed by atoms with Gasteiger partial charge in [0.05, 0.1) is 0 Å². The minimum absolute atomic E-state index is 0.0961. The normalized spacial score (nSPS) is 16.8. The molecule has 0 aliphatic carbocycles. The standard InChI is InChI=1S/C16H23N3O3/c1-16(6-8-18-9-7-16)11-19-15(21)12-2-4-13(5-3-12)22-10-14(17)20/h2-5,18H,6-11H2,1H3,(H2,17,20)(H,19,21). The van der Waals surface area contributed by atoms with Gasteiger partial charge in [-0.05, 0) is 55.6 Å². The van der Waals surface area contributed by atoms with E-state index >= 15 is 0 Å². The van der Waals surface area contributed by atoms with Crippen LogP contribution in [-0.2, 0) is 4.79 Å². The Balaban J connectivity index is 1.85. The first-order valence-corrected chi connectivity index (χ1v) is 7.49. The van der Waals surface area contributed by atoms with E-state index in [1.807, 2.05) is 0 Å². The highest BCUT2D eigenvalue weighted by molar-refractivity contribution is 5.94. The summed E-state index contributed by atoms with van der Waals surface area (Å²) in [5, 5.41) is 6.32. The Labute approximate surface area is 130 Å². The van der Waals surface area contributed by atoms with Crippen molar-refractivity contribution in [2.45, 2.75) is 19.8 Å². The van der Waals surface area contributed by atoms with Crippen molar-refractivity contribution in [3.05, 3.63) is 29.8 Å². The third kappa shape index (κ3) is 4.73. The number of primary amides is 1. The highest BCUT2D eigenvalue weighted by Crippen LogP contribution is 2.26. The molecule has 6 nitrogen and oxygen atoms in total. The summed E-state index contributed by atoms with van der Waals surface area (Å²) in [5.41, 5.74) is 5.74. The topological polar surface area (TPSA) is 93.4 Å². The van der Waals surface area contributed by atoms with Gasteiger partial charge in [-0.3, -0.25) is 9.59 Å². The van der Waals surface area contributed by atoms with E-state index in [9.17, 15) is 9.59 Å². The molecule has 2 rings (SSSR count). The van der Waals surface area contributed by atoms with E-state index in [1.165, 1.54) is 0 Å². The maximum atomic E-state index is 12.2. The Hall–Kier alpha value is -2.08. The van der Waals surface area contributed by atoms with Crippen molar-refractivity contribution in [3.63, 3.8) is 0 Å². The summed E-state index contributed by atoms with van der Waals surface area (Å²) in [5.74, 6) is -0.112. The van der Waals surface area contributed by atoms with E-state index < -0.39 is 5.91 Å². The van der Waals surface area contributed by atoms with Crippen LogP contribution in [0, 0.1) is 5.41 Å². The highest BCUT2D eigenvalue weighted by atomic mass is 16.5. The Morgan fingerprint density at radius 2 is 1.91 bits per heavy atom. The molecule has 22 heavy (non-hydrogen) atoms. The molecule has 1 aromatic rings. The number of benzene rings is 1. The largest absolute Gasteiger partial charge is 0.484 e. The lowest BCUT2D eigenvalue weighted by atomic mass is 9.81. The van der Waals surface area contributed by atoms with Gasteiger partial charge < -0.3 is 21.1 Å². The summed E-state index contributed by atoms with van der Waals surface area (Å²) in [6.07, 6.45) is 2.13. The van der Waals surface area contributed by atoms with Crippen LogP contribution in [0.4, 0.5) is 0 Å². The van der Waals surface area contributed by atoms with E-state index in [-0.39, 0.29) is 17.9 Å². The summed E-state index contributed by atoms with van der Waals surface area (Å²) < 4.78 is 5.16. The van der Waals surface area contributed by atoms with Gasteiger partial charge in [0.1, 0.15) is 5.75 Å². The van der Waals surface area contributed by atoms with E-state index in [0.717, 1.165) is 25.9 Å². The van der Waals surface area contributed by atoms with Gasteiger partial charge in [-0.2, -0.15) is 0 Å². The van der Waals surface area contributed by atoms with Crippen LogP contribution in [0.3, 0.4) is 0 Å².